The molecule has 108 valence electrons. The quantitative estimate of drug-likeness (QED) is 0.900. The number of benzene rings is 1. The molecule has 0 atom stereocenters. The Morgan fingerprint density at radius 1 is 1.24 bits per heavy atom. The minimum Gasteiger partial charge on any atom is -0.496 e. The van der Waals surface area contributed by atoms with E-state index in [2.05, 4.69) is 10.3 Å². The standard InChI is InChI=1S/C15H14N2O4/c1-9-3-4-10(7-13(9)21-2)14(18)17-11-5-6-16-12(8-11)15(19)20/h3-8H,1-2H3,(H,19,20)(H,16,17,18). The minimum absolute atomic E-state index is 0.130. The van der Waals surface area contributed by atoms with Crippen LogP contribution in [-0.4, -0.2) is 29.1 Å². The second-order valence-corrected chi connectivity index (χ2v) is 4.37. The molecule has 0 unspecified atom stereocenters. The van der Waals surface area contributed by atoms with Gasteiger partial charge in [-0.2, -0.15) is 0 Å². The lowest BCUT2D eigenvalue weighted by Gasteiger charge is -2.09. The number of carboxylic acids is 1. The van der Waals surface area contributed by atoms with Crippen LogP contribution in [0.4, 0.5) is 5.69 Å². The number of aromatic nitrogens is 1. The number of nitrogens with zero attached hydrogens (tertiary/aromatic N) is 1. The zero-order valence-corrected chi connectivity index (χ0v) is 11.6. The van der Waals surface area contributed by atoms with Gasteiger partial charge in [0.15, 0.2) is 0 Å². The van der Waals surface area contributed by atoms with Gasteiger partial charge in [0.05, 0.1) is 7.11 Å². The van der Waals surface area contributed by atoms with Gasteiger partial charge < -0.3 is 15.2 Å². The minimum atomic E-state index is -1.15. The maximum Gasteiger partial charge on any atom is 0.354 e. The zero-order valence-electron chi connectivity index (χ0n) is 11.6. The van der Waals surface area contributed by atoms with Crippen molar-refractivity contribution >= 4 is 17.6 Å². The highest BCUT2D eigenvalue weighted by Gasteiger charge is 2.11. The SMILES string of the molecule is COc1cc(C(=O)Nc2ccnc(C(=O)O)c2)ccc1C. The van der Waals surface area contributed by atoms with Gasteiger partial charge in [-0.15, -0.1) is 0 Å². The third kappa shape index (κ3) is 3.36. The first-order valence-corrected chi connectivity index (χ1v) is 6.16. The van der Waals surface area contributed by atoms with Gasteiger partial charge in [-0.25, -0.2) is 9.78 Å². The third-order valence-corrected chi connectivity index (χ3v) is 2.91. The molecule has 6 nitrogen and oxygen atoms in total. The summed E-state index contributed by atoms with van der Waals surface area (Å²) in [4.78, 5) is 26.7. The molecule has 0 radical (unpaired) electrons. The lowest BCUT2D eigenvalue weighted by molar-refractivity contribution is 0.0690. The summed E-state index contributed by atoms with van der Waals surface area (Å²) in [6, 6.07) is 7.90. The van der Waals surface area contributed by atoms with E-state index >= 15 is 0 Å². The second-order valence-electron chi connectivity index (χ2n) is 4.37. The number of aryl methyl sites for hydroxylation is 1. The Morgan fingerprint density at radius 3 is 2.67 bits per heavy atom. The van der Waals surface area contributed by atoms with Gasteiger partial charge in [-0.1, -0.05) is 6.07 Å². The highest BCUT2D eigenvalue weighted by molar-refractivity contribution is 6.05. The molecule has 21 heavy (non-hydrogen) atoms. The Bertz CT molecular complexity index is 698. The Balaban J connectivity index is 2.22. The van der Waals surface area contributed by atoms with Crippen molar-refractivity contribution in [2.75, 3.05) is 12.4 Å². The molecule has 1 aromatic carbocycles. The van der Waals surface area contributed by atoms with Crippen molar-refractivity contribution < 1.29 is 19.4 Å². The summed E-state index contributed by atoms with van der Waals surface area (Å²) >= 11 is 0. The Hall–Kier alpha value is -2.89. The van der Waals surface area contributed by atoms with Crippen LogP contribution in [0.2, 0.25) is 0 Å². The number of aromatic carboxylic acids is 1. The van der Waals surface area contributed by atoms with Crippen molar-refractivity contribution in [3.8, 4) is 5.75 Å². The number of carbonyl (C=O) groups is 2. The molecule has 0 saturated carbocycles. The van der Waals surface area contributed by atoms with Gasteiger partial charge in [-0.05, 0) is 36.8 Å². The summed E-state index contributed by atoms with van der Waals surface area (Å²) in [6.45, 7) is 1.88. The van der Waals surface area contributed by atoms with Gasteiger partial charge in [-0.3, -0.25) is 4.79 Å². The van der Waals surface area contributed by atoms with E-state index in [1.54, 1.807) is 18.2 Å². The van der Waals surface area contributed by atoms with E-state index in [0.29, 0.717) is 17.0 Å². The number of hydrogen-bond donors (Lipinski definition) is 2. The van der Waals surface area contributed by atoms with Crippen molar-refractivity contribution in [2.24, 2.45) is 0 Å². The molecular formula is C15H14N2O4. The second kappa shape index (κ2) is 6.04. The normalized spacial score (nSPS) is 10.0. The number of anilines is 1. The van der Waals surface area contributed by atoms with Gasteiger partial charge in [0.25, 0.3) is 5.91 Å². The summed E-state index contributed by atoms with van der Waals surface area (Å²) in [5.41, 5.74) is 1.58. The number of hydrogen-bond acceptors (Lipinski definition) is 4. The molecule has 2 aromatic rings. The van der Waals surface area contributed by atoms with Gasteiger partial charge >= 0.3 is 5.97 Å². The number of carbonyl (C=O) groups excluding carboxylic acids is 1. The van der Waals surface area contributed by atoms with E-state index in [1.165, 1.54) is 25.4 Å². The number of nitrogens with one attached hydrogen (secondary N) is 1. The first-order valence-electron chi connectivity index (χ1n) is 6.16. The first kappa shape index (κ1) is 14.5. The van der Waals surface area contributed by atoms with Crippen molar-refractivity contribution in [1.29, 1.82) is 0 Å². The highest BCUT2D eigenvalue weighted by Crippen LogP contribution is 2.20. The van der Waals surface area contributed by atoms with Crippen LogP contribution in [0.3, 0.4) is 0 Å². The monoisotopic (exact) mass is 286 g/mol. The fourth-order valence-corrected chi connectivity index (χ4v) is 1.79. The van der Waals surface area contributed by atoms with E-state index in [1.807, 2.05) is 6.92 Å². The summed E-state index contributed by atoms with van der Waals surface area (Å²) in [5.74, 6) is -0.887. The summed E-state index contributed by atoms with van der Waals surface area (Å²) < 4.78 is 5.17. The largest absolute Gasteiger partial charge is 0.496 e. The molecular weight excluding hydrogens is 272 g/mol. The fraction of sp³-hybridized carbons (Fsp3) is 0.133. The number of methoxy groups -OCH3 is 1. The molecule has 2 N–H and O–H groups in total. The number of ether oxygens (including phenoxy) is 1. The highest BCUT2D eigenvalue weighted by atomic mass is 16.5. The van der Waals surface area contributed by atoms with E-state index in [4.69, 9.17) is 9.84 Å². The summed E-state index contributed by atoms with van der Waals surface area (Å²) in [5, 5.41) is 11.5. The van der Waals surface area contributed by atoms with Crippen molar-refractivity contribution in [3.63, 3.8) is 0 Å². The molecule has 2 rings (SSSR count). The Kier molecular flexibility index (Phi) is 4.18. The van der Waals surface area contributed by atoms with Crippen LogP contribution in [0.15, 0.2) is 36.5 Å². The molecule has 1 heterocycles. The average Bonchev–Trinajstić information content (AvgIpc) is 2.47. The third-order valence-electron chi connectivity index (χ3n) is 2.91. The van der Waals surface area contributed by atoms with Crippen LogP contribution in [0.1, 0.15) is 26.4 Å². The molecule has 0 aliphatic rings. The van der Waals surface area contributed by atoms with Gasteiger partial charge in [0.1, 0.15) is 11.4 Å². The molecule has 1 amide bonds. The van der Waals surface area contributed by atoms with Crippen LogP contribution in [-0.2, 0) is 0 Å². The predicted octanol–water partition coefficient (Wildman–Crippen LogP) is 2.35. The zero-order chi connectivity index (χ0) is 15.4. The molecule has 0 aliphatic carbocycles. The van der Waals surface area contributed by atoms with Crippen LogP contribution < -0.4 is 10.1 Å². The molecule has 0 bridgehead atoms. The maximum atomic E-state index is 12.1. The first-order chi connectivity index (χ1) is 10.0. The molecule has 6 heteroatoms. The van der Waals surface area contributed by atoms with Gasteiger partial charge in [0, 0.05) is 17.4 Å². The van der Waals surface area contributed by atoms with Crippen LogP contribution in [0, 0.1) is 6.92 Å². The molecule has 0 fully saturated rings. The van der Waals surface area contributed by atoms with Crippen molar-refractivity contribution in [2.45, 2.75) is 6.92 Å². The van der Waals surface area contributed by atoms with Crippen molar-refractivity contribution in [1.82, 2.24) is 4.98 Å². The van der Waals surface area contributed by atoms with E-state index in [9.17, 15) is 9.59 Å². The summed E-state index contributed by atoms with van der Waals surface area (Å²) in [7, 11) is 1.53. The number of rotatable bonds is 4. The maximum absolute atomic E-state index is 12.1. The van der Waals surface area contributed by atoms with Crippen LogP contribution in [0.25, 0.3) is 0 Å². The summed E-state index contributed by atoms with van der Waals surface area (Å²) in [6.07, 6.45) is 1.33. The van der Waals surface area contributed by atoms with Crippen molar-refractivity contribution in [3.05, 3.63) is 53.3 Å². The number of pyridine rings is 1. The van der Waals surface area contributed by atoms with Crippen LogP contribution in [0.5, 0.6) is 5.75 Å². The smallest absolute Gasteiger partial charge is 0.354 e. The lowest BCUT2D eigenvalue weighted by Crippen LogP contribution is -2.13. The number of carboxylic acid groups (broad SMARTS) is 1. The van der Waals surface area contributed by atoms with Gasteiger partial charge in [0.2, 0.25) is 0 Å². The van der Waals surface area contributed by atoms with E-state index in [-0.39, 0.29) is 11.6 Å². The fourth-order valence-electron chi connectivity index (χ4n) is 1.79. The predicted molar refractivity (Wildman–Crippen MR) is 76.9 cm³/mol. The number of amides is 1. The Labute approximate surface area is 121 Å². The molecule has 0 saturated heterocycles. The molecule has 1 aromatic heterocycles. The molecule has 0 aliphatic heterocycles. The van der Waals surface area contributed by atoms with E-state index < -0.39 is 5.97 Å². The lowest BCUT2D eigenvalue weighted by atomic mass is 10.1. The molecule has 0 spiro atoms. The topological polar surface area (TPSA) is 88.5 Å². The average molecular weight is 286 g/mol. The van der Waals surface area contributed by atoms with Crippen LogP contribution >= 0.6 is 0 Å². The van der Waals surface area contributed by atoms with E-state index in [0.717, 1.165) is 5.56 Å². The Morgan fingerprint density at radius 2 is 2.00 bits per heavy atom.